The van der Waals surface area contributed by atoms with Crippen molar-refractivity contribution in [2.75, 3.05) is 18.1 Å². The predicted molar refractivity (Wildman–Crippen MR) is 75.6 cm³/mol. The van der Waals surface area contributed by atoms with E-state index >= 15 is 0 Å². The molecule has 0 aliphatic carbocycles. The first kappa shape index (κ1) is 12.2. The van der Waals surface area contributed by atoms with E-state index in [9.17, 15) is 4.79 Å². The first-order chi connectivity index (χ1) is 9.25. The van der Waals surface area contributed by atoms with Crippen LogP contribution in [0.15, 0.2) is 47.1 Å². The molecular formula is C14H11BrN2O2. The molecule has 19 heavy (non-hydrogen) atoms. The minimum atomic E-state index is -0.0370. The highest BCUT2D eigenvalue weighted by molar-refractivity contribution is 9.10. The van der Waals surface area contributed by atoms with Crippen LogP contribution < -0.4 is 9.64 Å². The second-order valence-corrected chi connectivity index (χ2v) is 5.06. The van der Waals surface area contributed by atoms with E-state index < -0.39 is 0 Å². The van der Waals surface area contributed by atoms with Gasteiger partial charge in [0.25, 0.3) is 5.91 Å². The Kier molecular flexibility index (Phi) is 3.21. The molecule has 1 amide bonds. The molecule has 0 atom stereocenters. The maximum absolute atomic E-state index is 12.5. The Bertz CT molecular complexity index is 616. The number of amides is 1. The van der Waals surface area contributed by atoms with Gasteiger partial charge in [-0.05, 0) is 34.1 Å². The summed E-state index contributed by atoms with van der Waals surface area (Å²) >= 11 is 3.37. The first-order valence-corrected chi connectivity index (χ1v) is 6.70. The van der Waals surface area contributed by atoms with Gasteiger partial charge in [-0.25, -0.2) is 4.98 Å². The van der Waals surface area contributed by atoms with Crippen molar-refractivity contribution < 1.29 is 9.53 Å². The van der Waals surface area contributed by atoms with Crippen molar-refractivity contribution >= 4 is 27.5 Å². The van der Waals surface area contributed by atoms with Crippen LogP contribution in [0, 0.1) is 0 Å². The first-order valence-electron chi connectivity index (χ1n) is 5.91. The molecule has 1 aliphatic rings. The predicted octanol–water partition coefficient (Wildman–Crippen LogP) is 2.88. The number of benzene rings is 1. The van der Waals surface area contributed by atoms with Gasteiger partial charge in [0.05, 0.1) is 6.54 Å². The molecule has 0 N–H and O–H groups in total. The average Bonchev–Trinajstić information content (AvgIpc) is 2.47. The third-order valence-electron chi connectivity index (χ3n) is 2.91. The number of carbonyl (C=O) groups is 1. The summed E-state index contributed by atoms with van der Waals surface area (Å²) in [5.74, 6) is 0.462. The van der Waals surface area contributed by atoms with Crippen molar-refractivity contribution in [1.82, 2.24) is 4.98 Å². The summed E-state index contributed by atoms with van der Waals surface area (Å²) in [5.41, 5.74) is 1.37. The third kappa shape index (κ3) is 2.33. The van der Waals surface area contributed by atoms with Crippen LogP contribution in [0.2, 0.25) is 0 Å². The van der Waals surface area contributed by atoms with Crippen molar-refractivity contribution in [2.45, 2.75) is 0 Å². The fourth-order valence-electron chi connectivity index (χ4n) is 2.02. The molecule has 1 aromatic heterocycles. The second kappa shape index (κ2) is 5.01. The summed E-state index contributed by atoms with van der Waals surface area (Å²) in [6.07, 6.45) is 1.66. The van der Waals surface area contributed by atoms with E-state index in [1.54, 1.807) is 11.1 Å². The number of rotatable bonds is 1. The van der Waals surface area contributed by atoms with E-state index in [0.29, 0.717) is 30.3 Å². The van der Waals surface area contributed by atoms with E-state index in [1.807, 2.05) is 36.4 Å². The number of ether oxygens (including phenoxy) is 1. The van der Waals surface area contributed by atoms with Crippen molar-refractivity contribution in [3.8, 4) is 5.88 Å². The topological polar surface area (TPSA) is 42.4 Å². The van der Waals surface area contributed by atoms with Crippen LogP contribution in [0.25, 0.3) is 0 Å². The summed E-state index contributed by atoms with van der Waals surface area (Å²) in [6, 6.07) is 11.1. The van der Waals surface area contributed by atoms with Crippen LogP contribution in [-0.4, -0.2) is 24.0 Å². The maximum atomic E-state index is 12.5. The van der Waals surface area contributed by atoms with Gasteiger partial charge in [0.15, 0.2) is 0 Å². The molecule has 2 heterocycles. The Hall–Kier alpha value is -1.88. The van der Waals surface area contributed by atoms with Crippen LogP contribution >= 0.6 is 15.9 Å². The molecule has 5 heteroatoms. The summed E-state index contributed by atoms with van der Waals surface area (Å²) in [7, 11) is 0. The van der Waals surface area contributed by atoms with Gasteiger partial charge in [-0.3, -0.25) is 4.79 Å². The largest absolute Gasteiger partial charge is 0.474 e. The van der Waals surface area contributed by atoms with E-state index in [0.717, 1.165) is 4.47 Å². The minimum Gasteiger partial charge on any atom is -0.474 e. The lowest BCUT2D eigenvalue weighted by atomic mass is 10.2. The molecule has 3 rings (SSSR count). The molecule has 0 radical (unpaired) electrons. The monoisotopic (exact) mass is 318 g/mol. The van der Waals surface area contributed by atoms with E-state index in [1.165, 1.54) is 0 Å². The van der Waals surface area contributed by atoms with Crippen LogP contribution in [0.5, 0.6) is 5.88 Å². The van der Waals surface area contributed by atoms with Crippen molar-refractivity contribution in [3.05, 3.63) is 52.6 Å². The number of aromatic nitrogens is 1. The van der Waals surface area contributed by atoms with Crippen LogP contribution in [-0.2, 0) is 0 Å². The van der Waals surface area contributed by atoms with Gasteiger partial charge in [-0.1, -0.05) is 18.2 Å². The SMILES string of the molecule is O=C(c1ccccc1)N1CCOc2ncc(Br)cc21. The number of anilines is 1. The Labute approximate surface area is 119 Å². The molecule has 4 nitrogen and oxygen atoms in total. The molecule has 0 saturated heterocycles. The summed E-state index contributed by atoms with van der Waals surface area (Å²) in [5, 5.41) is 0. The number of hydrogen-bond acceptors (Lipinski definition) is 3. The van der Waals surface area contributed by atoms with E-state index in [2.05, 4.69) is 20.9 Å². The van der Waals surface area contributed by atoms with Crippen LogP contribution in [0.3, 0.4) is 0 Å². The normalized spacial score (nSPS) is 13.6. The van der Waals surface area contributed by atoms with Crippen molar-refractivity contribution in [1.29, 1.82) is 0 Å². The fraction of sp³-hybridized carbons (Fsp3) is 0.143. The fourth-order valence-corrected chi connectivity index (χ4v) is 2.34. The Balaban J connectivity index is 2.00. The van der Waals surface area contributed by atoms with Gasteiger partial charge in [0.1, 0.15) is 12.3 Å². The van der Waals surface area contributed by atoms with Gasteiger partial charge < -0.3 is 9.64 Å². The molecule has 0 saturated carbocycles. The molecule has 96 valence electrons. The molecule has 1 aromatic carbocycles. The van der Waals surface area contributed by atoms with Gasteiger partial charge in [-0.2, -0.15) is 0 Å². The Morgan fingerprint density at radius 3 is 2.89 bits per heavy atom. The molecule has 0 bridgehead atoms. The second-order valence-electron chi connectivity index (χ2n) is 4.15. The van der Waals surface area contributed by atoms with E-state index in [-0.39, 0.29) is 5.91 Å². The number of hydrogen-bond donors (Lipinski definition) is 0. The highest BCUT2D eigenvalue weighted by Crippen LogP contribution is 2.32. The van der Waals surface area contributed by atoms with Gasteiger partial charge in [0, 0.05) is 16.2 Å². The lowest BCUT2D eigenvalue weighted by Gasteiger charge is -2.28. The Morgan fingerprint density at radius 1 is 1.32 bits per heavy atom. The molecule has 0 unspecified atom stereocenters. The van der Waals surface area contributed by atoms with Gasteiger partial charge >= 0.3 is 0 Å². The highest BCUT2D eigenvalue weighted by Gasteiger charge is 2.25. The summed E-state index contributed by atoms with van der Waals surface area (Å²) < 4.78 is 6.29. The van der Waals surface area contributed by atoms with Crippen LogP contribution in [0.1, 0.15) is 10.4 Å². The van der Waals surface area contributed by atoms with Gasteiger partial charge in [-0.15, -0.1) is 0 Å². The third-order valence-corrected chi connectivity index (χ3v) is 3.34. The zero-order valence-corrected chi connectivity index (χ0v) is 11.6. The number of nitrogens with zero attached hydrogens (tertiary/aromatic N) is 2. The average molecular weight is 319 g/mol. The van der Waals surface area contributed by atoms with Crippen LogP contribution in [0.4, 0.5) is 5.69 Å². The van der Waals surface area contributed by atoms with Gasteiger partial charge in [0.2, 0.25) is 5.88 Å². The smallest absolute Gasteiger partial charge is 0.258 e. The summed E-state index contributed by atoms with van der Waals surface area (Å²) in [4.78, 5) is 18.4. The zero-order chi connectivity index (χ0) is 13.2. The lowest BCUT2D eigenvalue weighted by Crippen LogP contribution is -2.38. The zero-order valence-electron chi connectivity index (χ0n) is 10.0. The summed E-state index contributed by atoms with van der Waals surface area (Å²) in [6.45, 7) is 0.985. The van der Waals surface area contributed by atoms with E-state index in [4.69, 9.17) is 4.74 Å². The number of carbonyl (C=O) groups excluding carboxylic acids is 1. The lowest BCUT2D eigenvalue weighted by molar-refractivity contribution is 0.0975. The minimum absolute atomic E-state index is 0.0370. The number of halogens is 1. The van der Waals surface area contributed by atoms with Crippen molar-refractivity contribution in [2.24, 2.45) is 0 Å². The standard InChI is InChI=1S/C14H11BrN2O2/c15-11-8-12-13(16-9-11)19-7-6-17(12)14(18)10-4-2-1-3-5-10/h1-5,8-9H,6-7H2. The number of pyridine rings is 1. The molecule has 2 aromatic rings. The molecule has 0 spiro atoms. The quantitative estimate of drug-likeness (QED) is 0.812. The number of fused-ring (bicyclic) bond motifs is 1. The molecular weight excluding hydrogens is 308 g/mol. The molecule has 0 fully saturated rings. The van der Waals surface area contributed by atoms with Crippen molar-refractivity contribution in [3.63, 3.8) is 0 Å². The maximum Gasteiger partial charge on any atom is 0.258 e. The highest BCUT2D eigenvalue weighted by atomic mass is 79.9. The Morgan fingerprint density at radius 2 is 2.11 bits per heavy atom. The molecule has 1 aliphatic heterocycles.